The number of nitriles is 1. The van der Waals surface area contributed by atoms with Crippen molar-refractivity contribution in [2.75, 3.05) is 24.2 Å². The summed E-state index contributed by atoms with van der Waals surface area (Å²) in [5.41, 5.74) is 6.43. The number of hydrogen-bond donors (Lipinski definition) is 1. The lowest BCUT2D eigenvalue weighted by Crippen LogP contribution is -2.19. The van der Waals surface area contributed by atoms with Gasteiger partial charge in [0.25, 0.3) is 0 Å². The molecule has 0 saturated carbocycles. The topological polar surface area (TPSA) is 62.3 Å². The van der Waals surface area contributed by atoms with E-state index in [1.165, 1.54) is 11.3 Å². The standard InChI is InChI=1S/C13H21N3OS/c1-5-6-7-16(4)13-12(17-9(2)3)11(15)10(8-14)18-13/h9H,5-7,15H2,1-4H3. The van der Waals surface area contributed by atoms with Gasteiger partial charge in [0.15, 0.2) is 5.75 Å². The Kier molecular flexibility index (Phi) is 5.29. The number of ether oxygens (including phenoxy) is 1. The molecule has 1 aromatic rings. The number of nitrogens with two attached hydrogens (primary N) is 1. The molecule has 1 aromatic heterocycles. The van der Waals surface area contributed by atoms with Crippen LogP contribution in [0.5, 0.6) is 5.75 Å². The van der Waals surface area contributed by atoms with Crippen LogP contribution in [0.25, 0.3) is 0 Å². The van der Waals surface area contributed by atoms with Gasteiger partial charge in [-0.2, -0.15) is 5.26 Å². The van der Waals surface area contributed by atoms with Crippen LogP contribution in [0, 0.1) is 11.3 Å². The van der Waals surface area contributed by atoms with Gasteiger partial charge in [0.2, 0.25) is 0 Å². The predicted molar refractivity (Wildman–Crippen MR) is 77.4 cm³/mol. The van der Waals surface area contributed by atoms with E-state index >= 15 is 0 Å². The van der Waals surface area contributed by atoms with Crippen molar-refractivity contribution in [1.29, 1.82) is 5.26 Å². The summed E-state index contributed by atoms with van der Waals surface area (Å²) in [4.78, 5) is 2.65. The molecule has 0 atom stereocenters. The molecule has 0 bridgehead atoms. The highest BCUT2D eigenvalue weighted by atomic mass is 32.1. The second-order valence-corrected chi connectivity index (χ2v) is 5.53. The van der Waals surface area contributed by atoms with Crippen molar-refractivity contribution in [3.05, 3.63) is 4.88 Å². The third kappa shape index (κ3) is 3.30. The molecular formula is C13H21N3OS. The summed E-state index contributed by atoms with van der Waals surface area (Å²) in [6.07, 6.45) is 2.29. The van der Waals surface area contributed by atoms with Crippen LogP contribution in [-0.4, -0.2) is 19.7 Å². The lowest BCUT2D eigenvalue weighted by molar-refractivity contribution is 0.245. The first kappa shape index (κ1) is 14.7. The summed E-state index contributed by atoms with van der Waals surface area (Å²) in [5, 5.41) is 10.0. The van der Waals surface area contributed by atoms with Crippen molar-refractivity contribution in [2.45, 2.75) is 39.7 Å². The summed E-state index contributed by atoms with van der Waals surface area (Å²) >= 11 is 1.40. The first-order chi connectivity index (χ1) is 8.51. The maximum absolute atomic E-state index is 9.05. The molecule has 0 aliphatic heterocycles. The Labute approximate surface area is 113 Å². The third-order valence-corrected chi connectivity index (χ3v) is 3.74. The first-order valence-electron chi connectivity index (χ1n) is 6.21. The van der Waals surface area contributed by atoms with E-state index in [0.29, 0.717) is 16.3 Å². The van der Waals surface area contributed by atoms with E-state index in [4.69, 9.17) is 15.7 Å². The number of nitrogens with zero attached hydrogens (tertiary/aromatic N) is 2. The minimum atomic E-state index is 0.0479. The number of nitrogen functional groups attached to an aromatic ring is 1. The number of rotatable bonds is 6. The largest absolute Gasteiger partial charge is 0.486 e. The van der Waals surface area contributed by atoms with Gasteiger partial charge < -0.3 is 15.4 Å². The number of unbranched alkanes of at least 4 members (excludes halogenated alkanes) is 1. The van der Waals surface area contributed by atoms with E-state index in [0.717, 1.165) is 24.4 Å². The summed E-state index contributed by atoms with van der Waals surface area (Å²) in [7, 11) is 2.01. The molecule has 0 aromatic carbocycles. The predicted octanol–water partition coefficient (Wildman–Crippen LogP) is 3.23. The van der Waals surface area contributed by atoms with Crippen LogP contribution in [0.15, 0.2) is 0 Å². The fourth-order valence-corrected chi connectivity index (χ4v) is 2.54. The van der Waals surface area contributed by atoms with Crippen molar-refractivity contribution in [3.63, 3.8) is 0 Å². The zero-order valence-electron chi connectivity index (χ0n) is 11.5. The minimum absolute atomic E-state index is 0.0479. The van der Waals surface area contributed by atoms with Gasteiger partial charge in [0.05, 0.1) is 6.10 Å². The molecule has 0 fully saturated rings. The molecule has 0 amide bonds. The SMILES string of the molecule is CCCCN(C)c1sc(C#N)c(N)c1OC(C)C. The molecule has 4 nitrogen and oxygen atoms in total. The van der Waals surface area contributed by atoms with Gasteiger partial charge in [0.1, 0.15) is 21.6 Å². The van der Waals surface area contributed by atoms with E-state index in [2.05, 4.69) is 17.9 Å². The van der Waals surface area contributed by atoms with Crippen molar-refractivity contribution in [3.8, 4) is 11.8 Å². The second-order valence-electron chi connectivity index (χ2n) is 4.53. The van der Waals surface area contributed by atoms with E-state index in [9.17, 15) is 0 Å². The number of hydrogen-bond acceptors (Lipinski definition) is 5. The van der Waals surface area contributed by atoms with E-state index in [1.54, 1.807) is 0 Å². The summed E-state index contributed by atoms with van der Waals surface area (Å²) in [6, 6.07) is 2.13. The Morgan fingerprint density at radius 3 is 2.67 bits per heavy atom. The van der Waals surface area contributed by atoms with Crippen molar-refractivity contribution in [2.24, 2.45) is 0 Å². The Morgan fingerprint density at radius 2 is 2.17 bits per heavy atom. The van der Waals surface area contributed by atoms with Crippen LogP contribution in [0.3, 0.4) is 0 Å². The highest BCUT2D eigenvalue weighted by Crippen LogP contribution is 2.44. The van der Waals surface area contributed by atoms with Crippen LogP contribution in [0.2, 0.25) is 0 Å². The molecule has 1 heterocycles. The molecule has 18 heavy (non-hydrogen) atoms. The molecule has 0 aliphatic rings. The maximum Gasteiger partial charge on any atom is 0.178 e. The molecule has 0 saturated heterocycles. The van der Waals surface area contributed by atoms with Gasteiger partial charge in [-0.25, -0.2) is 0 Å². The summed E-state index contributed by atoms with van der Waals surface area (Å²) in [5.74, 6) is 0.658. The van der Waals surface area contributed by atoms with Gasteiger partial charge >= 0.3 is 0 Å². The van der Waals surface area contributed by atoms with Crippen LogP contribution in [-0.2, 0) is 0 Å². The van der Waals surface area contributed by atoms with E-state index in [1.807, 2.05) is 20.9 Å². The Balaban J connectivity index is 3.05. The number of anilines is 2. The van der Waals surface area contributed by atoms with Crippen LogP contribution >= 0.6 is 11.3 Å². The Morgan fingerprint density at radius 1 is 1.50 bits per heavy atom. The van der Waals surface area contributed by atoms with Crippen LogP contribution in [0.1, 0.15) is 38.5 Å². The highest BCUT2D eigenvalue weighted by molar-refractivity contribution is 7.17. The monoisotopic (exact) mass is 267 g/mol. The zero-order valence-corrected chi connectivity index (χ0v) is 12.3. The van der Waals surface area contributed by atoms with Gasteiger partial charge in [-0.05, 0) is 20.3 Å². The van der Waals surface area contributed by atoms with Crippen LogP contribution < -0.4 is 15.4 Å². The molecule has 0 radical (unpaired) electrons. The lowest BCUT2D eigenvalue weighted by Gasteiger charge is -2.20. The zero-order chi connectivity index (χ0) is 13.7. The number of thiophene rings is 1. The van der Waals surface area contributed by atoms with Gasteiger partial charge in [-0.15, -0.1) is 11.3 Å². The first-order valence-corrected chi connectivity index (χ1v) is 7.03. The second kappa shape index (κ2) is 6.50. The van der Waals surface area contributed by atoms with E-state index in [-0.39, 0.29) is 6.10 Å². The Bertz CT molecular complexity index is 434. The minimum Gasteiger partial charge on any atom is -0.486 e. The van der Waals surface area contributed by atoms with Gasteiger partial charge in [-0.3, -0.25) is 0 Å². The average Bonchev–Trinajstić information content (AvgIpc) is 2.63. The van der Waals surface area contributed by atoms with Crippen molar-refractivity contribution in [1.82, 2.24) is 0 Å². The summed E-state index contributed by atoms with van der Waals surface area (Å²) in [6.45, 7) is 7.01. The lowest BCUT2D eigenvalue weighted by atomic mass is 10.3. The molecular weight excluding hydrogens is 246 g/mol. The molecule has 1 rings (SSSR count). The van der Waals surface area contributed by atoms with Crippen molar-refractivity contribution < 1.29 is 4.74 Å². The summed E-state index contributed by atoms with van der Waals surface area (Å²) < 4.78 is 5.75. The molecule has 0 spiro atoms. The fraction of sp³-hybridized carbons (Fsp3) is 0.615. The molecule has 100 valence electrons. The third-order valence-electron chi connectivity index (χ3n) is 2.53. The Hall–Kier alpha value is -1.41. The fourth-order valence-electron chi connectivity index (χ4n) is 1.60. The maximum atomic E-state index is 9.05. The molecule has 5 heteroatoms. The highest BCUT2D eigenvalue weighted by Gasteiger charge is 2.20. The van der Waals surface area contributed by atoms with Gasteiger partial charge in [0, 0.05) is 13.6 Å². The van der Waals surface area contributed by atoms with Crippen molar-refractivity contribution >= 4 is 22.0 Å². The molecule has 0 unspecified atom stereocenters. The molecule has 2 N–H and O–H groups in total. The average molecular weight is 267 g/mol. The molecule has 0 aliphatic carbocycles. The normalized spacial score (nSPS) is 10.4. The van der Waals surface area contributed by atoms with Crippen LogP contribution in [0.4, 0.5) is 10.7 Å². The van der Waals surface area contributed by atoms with Gasteiger partial charge in [-0.1, -0.05) is 13.3 Å². The van der Waals surface area contributed by atoms with E-state index < -0.39 is 0 Å². The smallest absolute Gasteiger partial charge is 0.178 e. The quantitative estimate of drug-likeness (QED) is 0.859.